The predicted molar refractivity (Wildman–Crippen MR) is 64.0 cm³/mol. The number of nitrogens with one attached hydrogen (secondary N) is 1. The highest BCUT2D eigenvalue weighted by atomic mass is 35.5. The zero-order valence-electron chi connectivity index (χ0n) is 8.75. The van der Waals surface area contributed by atoms with E-state index in [2.05, 4.69) is 11.4 Å². The van der Waals surface area contributed by atoms with E-state index in [1.165, 1.54) is 12.0 Å². The van der Waals surface area contributed by atoms with Crippen molar-refractivity contribution in [1.29, 1.82) is 0 Å². The molecule has 1 aromatic rings. The fourth-order valence-corrected chi connectivity index (χ4v) is 2.41. The van der Waals surface area contributed by atoms with Crippen molar-refractivity contribution >= 4 is 11.6 Å². The first-order valence-electron chi connectivity index (χ1n) is 5.49. The number of rotatable bonds is 2. The van der Waals surface area contributed by atoms with E-state index in [0.29, 0.717) is 12.0 Å². The van der Waals surface area contributed by atoms with Crippen LogP contribution in [0.25, 0.3) is 0 Å². The molecule has 2 unspecified atom stereocenters. The lowest BCUT2D eigenvalue weighted by Crippen LogP contribution is -2.36. The van der Waals surface area contributed by atoms with Crippen molar-refractivity contribution in [2.24, 2.45) is 11.7 Å². The van der Waals surface area contributed by atoms with Gasteiger partial charge in [-0.25, -0.2) is 0 Å². The summed E-state index contributed by atoms with van der Waals surface area (Å²) in [5.74, 6) is 0.628. The third kappa shape index (κ3) is 2.51. The molecule has 1 fully saturated rings. The Bertz CT molecular complexity index is 319. The second-order valence-corrected chi connectivity index (χ2v) is 4.57. The van der Waals surface area contributed by atoms with Gasteiger partial charge in [0.05, 0.1) is 0 Å². The maximum Gasteiger partial charge on any atom is 0.0453 e. The smallest absolute Gasteiger partial charge is 0.0453 e. The van der Waals surface area contributed by atoms with E-state index in [9.17, 15) is 0 Å². The van der Waals surface area contributed by atoms with Crippen molar-refractivity contribution in [2.45, 2.75) is 18.9 Å². The lowest BCUT2D eigenvalue weighted by atomic mass is 9.91. The fourth-order valence-electron chi connectivity index (χ4n) is 2.14. The third-order valence-electron chi connectivity index (χ3n) is 3.13. The average molecular weight is 225 g/mol. The first kappa shape index (κ1) is 10.9. The van der Waals surface area contributed by atoms with Gasteiger partial charge >= 0.3 is 0 Å². The van der Waals surface area contributed by atoms with Crippen LogP contribution in [0.2, 0.25) is 5.02 Å². The molecular weight excluding hydrogens is 208 g/mol. The first-order chi connectivity index (χ1) is 7.31. The molecule has 3 N–H and O–H groups in total. The molecule has 2 atom stereocenters. The summed E-state index contributed by atoms with van der Waals surface area (Å²) in [6.07, 6.45) is 2.32. The molecule has 0 radical (unpaired) electrons. The standard InChI is InChI=1S/C12H17ClN2/c13-11-4-2-1-3-10(11)12-6-5-9(7-14)8-15-12/h1-4,9,12,15H,5-8,14H2. The van der Waals surface area contributed by atoms with Crippen molar-refractivity contribution in [1.82, 2.24) is 5.32 Å². The molecule has 1 aliphatic rings. The average Bonchev–Trinajstić information content (AvgIpc) is 2.30. The summed E-state index contributed by atoms with van der Waals surface area (Å²) >= 11 is 6.16. The van der Waals surface area contributed by atoms with Crippen molar-refractivity contribution < 1.29 is 0 Å². The number of halogens is 1. The van der Waals surface area contributed by atoms with Crippen LogP contribution in [0.4, 0.5) is 0 Å². The van der Waals surface area contributed by atoms with Gasteiger partial charge in [0.2, 0.25) is 0 Å². The van der Waals surface area contributed by atoms with Crippen LogP contribution >= 0.6 is 11.6 Å². The van der Waals surface area contributed by atoms with Gasteiger partial charge in [0.1, 0.15) is 0 Å². The Morgan fingerprint density at radius 3 is 2.73 bits per heavy atom. The second-order valence-electron chi connectivity index (χ2n) is 4.16. The summed E-state index contributed by atoms with van der Waals surface area (Å²) in [4.78, 5) is 0. The van der Waals surface area contributed by atoms with Gasteiger partial charge in [-0.15, -0.1) is 0 Å². The first-order valence-corrected chi connectivity index (χ1v) is 5.87. The number of hydrogen-bond acceptors (Lipinski definition) is 2. The summed E-state index contributed by atoms with van der Waals surface area (Å²) in [5.41, 5.74) is 6.87. The normalized spacial score (nSPS) is 26.5. The number of hydrogen-bond donors (Lipinski definition) is 2. The Labute approximate surface area is 95.8 Å². The van der Waals surface area contributed by atoms with Gasteiger partial charge in [-0.2, -0.15) is 0 Å². The van der Waals surface area contributed by atoms with Crippen LogP contribution in [0.3, 0.4) is 0 Å². The molecule has 1 saturated heterocycles. The molecular formula is C12H17ClN2. The minimum absolute atomic E-state index is 0.404. The highest BCUT2D eigenvalue weighted by Crippen LogP contribution is 2.29. The molecule has 0 aromatic heterocycles. The quantitative estimate of drug-likeness (QED) is 0.810. The highest BCUT2D eigenvalue weighted by molar-refractivity contribution is 6.31. The van der Waals surface area contributed by atoms with Crippen LogP contribution in [0.1, 0.15) is 24.4 Å². The lowest BCUT2D eigenvalue weighted by Gasteiger charge is -2.29. The van der Waals surface area contributed by atoms with Gasteiger partial charge in [-0.1, -0.05) is 29.8 Å². The molecule has 3 heteroatoms. The highest BCUT2D eigenvalue weighted by Gasteiger charge is 2.21. The number of benzene rings is 1. The molecule has 1 aromatic carbocycles. The fraction of sp³-hybridized carbons (Fsp3) is 0.500. The van der Waals surface area contributed by atoms with Gasteiger partial charge in [-0.3, -0.25) is 0 Å². The Morgan fingerprint density at radius 2 is 2.13 bits per heavy atom. The predicted octanol–water partition coefficient (Wildman–Crippen LogP) is 2.34. The Balaban J connectivity index is 2.04. The molecule has 2 nitrogen and oxygen atoms in total. The Morgan fingerprint density at radius 1 is 1.33 bits per heavy atom. The summed E-state index contributed by atoms with van der Waals surface area (Å²) in [6, 6.07) is 8.47. The summed E-state index contributed by atoms with van der Waals surface area (Å²) in [5, 5.41) is 4.37. The topological polar surface area (TPSA) is 38.0 Å². The van der Waals surface area contributed by atoms with E-state index in [4.69, 9.17) is 17.3 Å². The lowest BCUT2D eigenvalue weighted by molar-refractivity contribution is 0.320. The molecule has 15 heavy (non-hydrogen) atoms. The van der Waals surface area contributed by atoms with E-state index in [1.54, 1.807) is 0 Å². The Hall–Kier alpha value is -0.570. The largest absolute Gasteiger partial charge is 0.330 e. The van der Waals surface area contributed by atoms with Crippen molar-refractivity contribution in [3.05, 3.63) is 34.9 Å². The van der Waals surface area contributed by atoms with E-state index < -0.39 is 0 Å². The summed E-state index contributed by atoms with van der Waals surface area (Å²) < 4.78 is 0. The minimum Gasteiger partial charge on any atom is -0.330 e. The van der Waals surface area contributed by atoms with Crippen molar-refractivity contribution in [3.8, 4) is 0 Å². The van der Waals surface area contributed by atoms with E-state index >= 15 is 0 Å². The van der Waals surface area contributed by atoms with Crippen LogP contribution in [-0.4, -0.2) is 13.1 Å². The maximum absolute atomic E-state index is 6.16. The zero-order valence-corrected chi connectivity index (χ0v) is 9.50. The summed E-state index contributed by atoms with van der Waals surface area (Å²) in [6.45, 7) is 1.79. The van der Waals surface area contributed by atoms with E-state index in [0.717, 1.165) is 24.5 Å². The van der Waals surface area contributed by atoms with Gasteiger partial charge in [0, 0.05) is 11.1 Å². The van der Waals surface area contributed by atoms with E-state index in [-0.39, 0.29) is 0 Å². The van der Waals surface area contributed by atoms with E-state index in [1.807, 2.05) is 18.2 Å². The van der Waals surface area contributed by atoms with Gasteiger partial charge in [-0.05, 0) is 43.5 Å². The van der Waals surface area contributed by atoms with Crippen LogP contribution in [0.5, 0.6) is 0 Å². The van der Waals surface area contributed by atoms with Crippen LogP contribution in [0.15, 0.2) is 24.3 Å². The van der Waals surface area contributed by atoms with Crippen LogP contribution in [0, 0.1) is 5.92 Å². The molecule has 0 bridgehead atoms. The van der Waals surface area contributed by atoms with Gasteiger partial charge in [0.25, 0.3) is 0 Å². The van der Waals surface area contributed by atoms with Crippen molar-refractivity contribution in [2.75, 3.05) is 13.1 Å². The van der Waals surface area contributed by atoms with Crippen LogP contribution in [-0.2, 0) is 0 Å². The Kier molecular flexibility index (Phi) is 3.62. The van der Waals surface area contributed by atoms with Crippen LogP contribution < -0.4 is 11.1 Å². The molecule has 2 rings (SSSR count). The monoisotopic (exact) mass is 224 g/mol. The second kappa shape index (κ2) is 4.97. The van der Waals surface area contributed by atoms with Gasteiger partial charge < -0.3 is 11.1 Å². The minimum atomic E-state index is 0.404. The number of piperidine rings is 1. The molecule has 82 valence electrons. The molecule has 1 heterocycles. The van der Waals surface area contributed by atoms with Crippen molar-refractivity contribution in [3.63, 3.8) is 0 Å². The van der Waals surface area contributed by atoms with Gasteiger partial charge in [0.15, 0.2) is 0 Å². The molecule has 1 aliphatic heterocycles. The molecule has 0 saturated carbocycles. The molecule has 0 aliphatic carbocycles. The summed E-state index contributed by atoms with van der Waals surface area (Å²) in [7, 11) is 0. The zero-order chi connectivity index (χ0) is 10.7. The third-order valence-corrected chi connectivity index (χ3v) is 3.47. The SMILES string of the molecule is NCC1CCC(c2ccccc2Cl)NC1. The maximum atomic E-state index is 6.16. The number of nitrogens with two attached hydrogens (primary N) is 1. The molecule has 0 spiro atoms. The molecule has 0 amide bonds.